The number of nitrogens with one attached hydrogen (secondary N) is 1. The largest absolute Gasteiger partial charge is 0.491 e. The van der Waals surface area contributed by atoms with Gasteiger partial charge in [-0.15, -0.1) is 0 Å². The van der Waals surface area contributed by atoms with Crippen LogP contribution in [-0.4, -0.2) is 67.6 Å². The Balaban J connectivity index is 1.66. The van der Waals surface area contributed by atoms with E-state index in [1.165, 1.54) is 0 Å². The molecule has 1 fully saturated rings. The van der Waals surface area contributed by atoms with Gasteiger partial charge in [0.05, 0.1) is 25.7 Å². The van der Waals surface area contributed by atoms with Crippen LogP contribution in [-0.2, 0) is 11.2 Å². The van der Waals surface area contributed by atoms with E-state index in [9.17, 15) is 5.11 Å². The molecular formula is C19H29N3O3. The van der Waals surface area contributed by atoms with Gasteiger partial charge >= 0.3 is 0 Å². The first-order chi connectivity index (χ1) is 12.0. The number of hydrogen-bond donors (Lipinski definition) is 2. The van der Waals surface area contributed by atoms with Crippen LogP contribution in [0.5, 0.6) is 5.75 Å². The van der Waals surface area contributed by atoms with E-state index in [2.05, 4.69) is 30.1 Å². The molecule has 0 aliphatic carbocycles. The molecule has 2 N–H and O–H groups in total. The first-order valence-corrected chi connectivity index (χ1v) is 8.81. The number of nitrogens with zero attached hydrogens (tertiary/aromatic N) is 2. The molecule has 1 heterocycles. The summed E-state index contributed by atoms with van der Waals surface area (Å²) >= 11 is 0. The van der Waals surface area contributed by atoms with Crippen LogP contribution in [0.2, 0.25) is 0 Å². The van der Waals surface area contributed by atoms with Crippen molar-refractivity contribution in [3.8, 4) is 11.8 Å². The van der Waals surface area contributed by atoms with Crippen LogP contribution in [0.3, 0.4) is 0 Å². The third-order valence-corrected chi connectivity index (χ3v) is 4.45. The lowest BCUT2D eigenvalue weighted by molar-refractivity contribution is -0.0107. The Labute approximate surface area is 150 Å². The molecule has 1 aliphatic heterocycles. The van der Waals surface area contributed by atoms with Crippen LogP contribution >= 0.6 is 0 Å². The Morgan fingerprint density at radius 3 is 2.64 bits per heavy atom. The molecular weight excluding hydrogens is 318 g/mol. The van der Waals surface area contributed by atoms with E-state index in [1.807, 2.05) is 24.3 Å². The number of aliphatic hydroxyl groups excluding tert-OH is 1. The second-order valence-corrected chi connectivity index (χ2v) is 6.99. The smallest absolute Gasteiger partial charge is 0.119 e. The van der Waals surface area contributed by atoms with Crippen molar-refractivity contribution in [2.75, 3.05) is 46.0 Å². The maximum absolute atomic E-state index is 10.1. The summed E-state index contributed by atoms with van der Waals surface area (Å²) in [6.07, 6.45) is -0.176. The van der Waals surface area contributed by atoms with Crippen molar-refractivity contribution in [3.63, 3.8) is 0 Å². The zero-order chi connectivity index (χ0) is 18.1. The average Bonchev–Trinajstić information content (AvgIpc) is 2.62. The van der Waals surface area contributed by atoms with Gasteiger partial charge in [0.25, 0.3) is 0 Å². The molecule has 138 valence electrons. The van der Waals surface area contributed by atoms with Gasteiger partial charge in [0.1, 0.15) is 18.5 Å². The van der Waals surface area contributed by atoms with Crippen LogP contribution < -0.4 is 10.1 Å². The quantitative estimate of drug-likeness (QED) is 0.699. The zero-order valence-corrected chi connectivity index (χ0v) is 15.2. The summed E-state index contributed by atoms with van der Waals surface area (Å²) in [6.45, 7) is 9.40. The van der Waals surface area contributed by atoms with Gasteiger partial charge in [-0.3, -0.25) is 4.90 Å². The van der Waals surface area contributed by atoms with Gasteiger partial charge in [-0.1, -0.05) is 12.1 Å². The molecule has 0 amide bonds. The fourth-order valence-corrected chi connectivity index (χ4v) is 2.87. The van der Waals surface area contributed by atoms with E-state index in [0.717, 1.165) is 38.4 Å². The minimum absolute atomic E-state index is 0.0287. The molecule has 6 heteroatoms. The second-order valence-electron chi connectivity index (χ2n) is 6.99. The molecule has 1 saturated heterocycles. The van der Waals surface area contributed by atoms with Crippen molar-refractivity contribution in [2.24, 2.45) is 0 Å². The lowest BCUT2D eigenvalue weighted by atomic mass is 10.0. The highest BCUT2D eigenvalue weighted by Crippen LogP contribution is 2.15. The number of rotatable bonds is 9. The molecule has 25 heavy (non-hydrogen) atoms. The maximum atomic E-state index is 10.1. The number of nitriles is 1. The third-order valence-electron chi connectivity index (χ3n) is 4.45. The first-order valence-electron chi connectivity index (χ1n) is 8.81. The minimum Gasteiger partial charge on any atom is -0.491 e. The van der Waals surface area contributed by atoms with E-state index in [0.29, 0.717) is 18.7 Å². The van der Waals surface area contributed by atoms with Crippen molar-refractivity contribution in [1.29, 1.82) is 5.26 Å². The number of benzene rings is 1. The van der Waals surface area contributed by atoms with Gasteiger partial charge < -0.3 is 19.9 Å². The molecule has 0 aromatic heterocycles. The predicted octanol–water partition coefficient (Wildman–Crippen LogP) is 1.19. The summed E-state index contributed by atoms with van der Waals surface area (Å²) in [6, 6.07) is 9.51. The molecule has 2 rings (SSSR count). The normalized spacial score (nSPS) is 17.0. The Bertz CT molecular complexity index is 548. The second kappa shape index (κ2) is 9.73. The van der Waals surface area contributed by atoms with Crippen LogP contribution in [0.25, 0.3) is 0 Å². The van der Waals surface area contributed by atoms with Crippen LogP contribution in [0.15, 0.2) is 24.3 Å². The van der Waals surface area contributed by atoms with Crippen molar-refractivity contribution in [1.82, 2.24) is 10.2 Å². The van der Waals surface area contributed by atoms with E-state index in [1.54, 1.807) is 0 Å². The Hall–Kier alpha value is -1.65. The fraction of sp³-hybridized carbons (Fsp3) is 0.632. The topological polar surface area (TPSA) is 77.8 Å². The summed E-state index contributed by atoms with van der Waals surface area (Å²) < 4.78 is 11.0. The summed E-state index contributed by atoms with van der Waals surface area (Å²) in [5.74, 6) is 0.703. The fourth-order valence-electron chi connectivity index (χ4n) is 2.87. The van der Waals surface area contributed by atoms with Crippen molar-refractivity contribution < 1.29 is 14.6 Å². The number of morpholine rings is 1. The van der Waals surface area contributed by atoms with Crippen LogP contribution in [0.4, 0.5) is 0 Å². The molecule has 1 aromatic carbocycles. The molecule has 0 radical (unpaired) electrons. The van der Waals surface area contributed by atoms with Gasteiger partial charge in [-0.2, -0.15) is 5.26 Å². The third kappa shape index (κ3) is 6.63. The molecule has 1 aromatic rings. The van der Waals surface area contributed by atoms with E-state index in [-0.39, 0.29) is 12.1 Å². The Morgan fingerprint density at radius 1 is 1.32 bits per heavy atom. The first kappa shape index (κ1) is 19.7. The van der Waals surface area contributed by atoms with Crippen molar-refractivity contribution in [2.45, 2.75) is 31.9 Å². The van der Waals surface area contributed by atoms with Gasteiger partial charge in [0, 0.05) is 31.7 Å². The highest BCUT2D eigenvalue weighted by molar-refractivity contribution is 5.28. The lowest BCUT2D eigenvalue weighted by Gasteiger charge is -2.41. The van der Waals surface area contributed by atoms with Gasteiger partial charge in [-0.05, 0) is 31.5 Å². The SMILES string of the molecule is CC(C)(CNCC(O)COc1ccc(CC#N)cc1)N1CCOCC1. The lowest BCUT2D eigenvalue weighted by Crippen LogP contribution is -2.55. The number of hydrogen-bond acceptors (Lipinski definition) is 6. The summed E-state index contributed by atoms with van der Waals surface area (Å²) in [5.41, 5.74) is 0.989. The highest BCUT2D eigenvalue weighted by atomic mass is 16.5. The van der Waals surface area contributed by atoms with Crippen LogP contribution in [0, 0.1) is 11.3 Å². The molecule has 6 nitrogen and oxygen atoms in total. The molecule has 0 saturated carbocycles. The van der Waals surface area contributed by atoms with Crippen molar-refractivity contribution in [3.05, 3.63) is 29.8 Å². The Morgan fingerprint density at radius 2 is 2.00 bits per heavy atom. The molecule has 1 aliphatic rings. The number of ether oxygens (including phenoxy) is 2. The van der Waals surface area contributed by atoms with E-state index >= 15 is 0 Å². The summed E-state index contributed by atoms with van der Waals surface area (Å²) in [4.78, 5) is 2.41. The zero-order valence-electron chi connectivity index (χ0n) is 15.2. The van der Waals surface area contributed by atoms with Gasteiger partial charge in [0.2, 0.25) is 0 Å². The summed E-state index contributed by atoms with van der Waals surface area (Å²) in [5, 5.41) is 22.1. The Kier molecular flexibility index (Phi) is 7.66. The van der Waals surface area contributed by atoms with Gasteiger partial charge in [-0.25, -0.2) is 0 Å². The monoisotopic (exact) mass is 347 g/mol. The molecule has 0 bridgehead atoms. The van der Waals surface area contributed by atoms with Gasteiger partial charge in [0.15, 0.2) is 0 Å². The molecule has 1 atom stereocenters. The molecule has 1 unspecified atom stereocenters. The minimum atomic E-state index is -0.570. The number of aliphatic hydroxyl groups is 1. The van der Waals surface area contributed by atoms with Crippen LogP contribution in [0.1, 0.15) is 19.4 Å². The average molecular weight is 347 g/mol. The molecule has 0 spiro atoms. The maximum Gasteiger partial charge on any atom is 0.119 e. The predicted molar refractivity (Wildman–Crippen MR) is 96.6 cm³/mol. The van der Waals surface area contributed by atoms with E-state index in [4.69, 9.17) is 14.7 Å². The van der Waals surface area contributed by atoms with E-state index < -0.39 is 6.10 Å². The van der Waals surface area contributed by atoms with Crippen molar-refractivity contribution >= 4 is 0 Å². The standard InChI is InChI=1S/C19H29N3O3/c1-19(2,22-9-11-24-12-10-22)15-21-13-17(23)14-25-18-5-3-16(4-6-18)7-8-20/h3-6,17,21,23H,7,9-15H2,1-2H3. The highest BCUT2D eigenvalue weighted by Gasteiger charge is 2.27. The summed E-state index contributed by atoms with van der Waals surface area (Å²) in [7, 11) is 0.